The van der Waals surface area contributed by atoms with Crippen molar-refractivity contribution in [3.8, 4) is 0 Å². The van der Waals surface area contributed by atoms with E-state index >= 15 is 0 Å². The molecule has 0 amide bonds. The van der Waals surface area contributed by atoms with Crippen LogP contribution in [0.5, 0.6) is 0 Å². The molecule has 9 heavy (non-hydrogen) atoms. The van der Waals surface area contributed by atoms with Crippen LogP contribution in [0.15, 0.2) is 0 Å². The smallest absolute Gasteiger partial charge is 0.239 e. The van der Waals surface area contributed by atoms with Crippen molar-refractivity contribution in [2.45, 2.75) is 18.0 Å². The fourth-order valence-electron chi connectivity index (χ4n) is 0.259. The van der Waals surface area contributed by atoms with E-state index in [2.05, 4.69) is 11.6 Å². The summed E-state index contributed by atoms with van der Waals surface area (Å²) in [4.78, 5) is 0. The van der Waals surface area contributed by atoms with Gasteiger partial charge in [0.2, 0.25) is 0 Å². The molecule has 0 fully saturated rings. The second-order valence-electron chi connectivity index (χ2n) is 1.49. The van der Waals surface area contributed by atoms with Crippen molar-refractivity contribution in [3.63, 3.8) is 0 Å². The Morgan fingerprint density at radius 2 is 2.00 bits per heavy atom. The van der Waals surface area contributed by atoms with E-state index in [1.807, 2.05) is 22.6 Å². The van der Waals surface area contributed by atoms with Gasteiger partial charge in [-0.15, -0.1) is 0 Å². The van der Waals surface area contributed by atoms with Crippen LogP contribution in [-0.4, -0.2) is 16.0 Å². The van der Waals surface area contributed by atoms with Crippen LogP contribution < -0.4 is 0 Å². The molecule has 1 atom stereocenters. The lowest BCUT2D eigenvalue weighted by molar-refractivity contribution is 0.00610. The van der Waals surface area contributed by atoms with Gasteiger partial charge in [-0.1, -0.05) is 22.6 Å². The average Bonchev–Trinajstić information content (AvgIpc) is 1.64. The van der Waals surface area contributed by atoms with Crippen LogP contribution in [-0.2, 0) is 0 Å². The second-order valence-corrected chi connectivity index (χ2v) is 3.07. The molecule has 0 aromatic rings. The maximum atomic E-state index is 12.0. The number of rotatable bonds is 3. The summed E-state index contributed by atoms with van der Waals surface area (Å²) < 4.78 is 35.8. The van der Waals surface area contributed by atoms with Crippen molar-refractivity contribution in [2.75, 3.05) is 4.43 Å². The molecular weight excluding hydrogens is 267 g/mol. The molecule has 0 aliphatic carbocycles. The maximum Gasteiger partial charge on any atom is 0.352 e. The van der Waals surface area contributed by atoms with Crippen LogP contribution in [0.1, 0.15) is 6.42 Å². The first kappa shape index (κ1) is 9.81. The highest BCUT2D eigenvalue weighted by atomic mass is 127. The van der Waals surface area contributed by atoms with Crippen molar-refractivity contribution < 1.29 is 13.2 Å². The van der Waals surface area contributed by atoms with Crippen LogP contribution in [0.25, 0.3) is 0 Å². The molecule has 0 radical (unpaired) electrons. The van der Waals surface area contributed by atoms with E-state index in [4.69, 9.17) is 0 Å². The fraction of sp³-hybridized carbons (Fsp3) is 1.00. The van der Waals surface area contributed by atoms with Gasteiger partial charge in [0.15, 0.2) is 6.17 Å². The monoisotopic (exact) mass is 272 g/mol. The van der Waals surface area contributed by atoms with E-state index in [9.17, 15) is 13.2 Å². The molecule has 0 spiro atoms. The summed E-state index contributed by atoms with van der Waals surface area (Å²) in [6, 6.07) is 0. The summed E-state index contributed by atoms with van der Waals surface area (Å²) in [5, 5.41) is -3.69. The Morgan fingerprint density at radius 3 is 2.11 bits per heavy atom. The molecule has 0 saturated carbocycles. The van der Waals surface area contributed by atoms with Gasteiger partial charge < -0.3 is 0 Å². The summed E-state index contributed by atoms with van der Waals surface area (Å²) in [6.07, 6.45) is -2.41. The highest BCUT2D eigenvalue weighted by Gasteiger charge is 2.36. The Morgan fingerprint density at radius 1 is 1.56 bits per heavy atom. The van der Waals surface area contributed by atoms with Crippen LogP contribution in [0.2, 0.25) is 0 Å². The molecule has 0 nitrogen and oxygen atoms in total. The van der Waals surface area contributed by atoms with Gasteiger partial charge >= 0.3 is 5.38 Å². The zero-order valence-electron chi connectivity index (χ0n) is 4.38. The summed E-state index contributed by atoms with van der Waals surface area (Å²) in [6.45, 7) is 0. The summed E-state index contributed by atoms with van der Waals surface area (Å²) in [5.74, 6) is 0. The quantitative estimate of drug-likeness (QED) is 0.547. The molecular formula is C4H5ClF3I. The first-order chi connectivity index (χ1) is 3.98. The molecule has 0 bridgehead atoms. The topological polar surface area (TPSA) is 0 Å². The zero-order valence-corrected chi connectivity index (χ0v) is 7.29. The molecule has 0 saturated heterocycles. The van der Waals surface area contributed by atoms with Gasteiger partial charge in [-0.2, -0.15) is 8.78 Å². The first-order valence-corrected chi connectivity index (χ1v) is 4.15. The highest BCUT2D eigenvalue weighted by Crippen LogP contribution is 2.28. The van der Waals surface area contributed by atoms with Crippen LogP contribution in [0, 0.1) is 0 Å². The SMILES string of the molecule is FC(CCI)C(F)(F)Cl. The van der Waals surface area contributed by atoms with Crippen molar-refractivity contribution in [1.82, 2.24) is 0 Å². The largest absolute Gasteiger partial charge is 0.352 e. The van der Waals surface area contributed by atoms with Crippen LogP contribution >= 0.6 is 34.2 Å². The predicted octanol–water partition coefficient (Wildman–Crippen LogP) is 2.98. The Bertz CT molecular complexity index is 82.4. The molecule has 0 aromatic carbocycles. The van der Waals surface area contributed by atoms with Gasteiger partial charge in [0.1, 0.15) is 0 Å². The second kappa shape index (κ2) is 3.85. The molecule has 0 aliphatic heterocycles. The number of halogens is 5. The van der Waals surface area contributed by atoms with Crippen LogP contribution in [0.4, 0.5) is 13.2 Å². The number of hydrogen-bond donors (Lipinski definition) is 0. The third kappa shape index (κ3) is 4.25. The maximum absolute atomic E-state index is 12.0. The third-order valence-electron chi connectivity index (χ3n) is 0.718. The molecule has 0 N–H and O–H groups in total. The van der Waals surface area contributed by atoms with Crippen LogP contribution in [0.3, 0.4) is 0 Å². The van der Waals surface area contributed by atoms with Crippen molar-refractivity contribution in [1.29, 1.82) is 0 Å². The van der Waals surface area contributed by atoms with E-state index in [-0.39, 0.29) is 6.42 Å². The van der Waals surface area contributed by atoms with E-state index in [1.54, 1.807) is 0 Å². The predicted molar refractivity (Wildman–Crippen MR) is 39.2 cm³/mol. The Labute approximate surface area is 69.9 Å². The lowest BCUT2D eigenvalue weighted by atomic mass is 10.3. The van der Waals surface area contributed by atoms with Gasteiger partial charge in [0.05, 0.1) is 0 Å². The van der Waals surface area contributed by atoms with E-state index in [0.717, 1.165) is 0 Å². The first-order valence-electron chi connectivity index (χ1n) is 2.25. The minimum atomic E-state index is -3.69. The molecule has 0 aliphatic rings. The molecule has 0 aromatic heterocycles. The number of hydrogen-bond acceptors (Lipinski definition) is 0. The normalized spacial score (nSPS) is 15.7. The van der Waals surface area contributed by atoms with E-state index < -0.39 is 11.6 Å². The van der Waals surface area contributed by atoms with E-state index in [1.165, 1.54) is 0 Å². The summed E-state index contributed by atoms with van der Waals surface area (Å²) in [5.41, 5.74) is 0. The van der Waals surface area contributed by atoms with E-state index in [0.29, 0.717) is 4.43 Å². The van der Waals surface area contributed by atoms with Crippen molar-refractivity contribution >= 4 is 34.2 Å². The average molecular weight is 272 g/mol. The minimum absolute atomic E-state index is 0.197. The molecule has 5 heteroatoms. The Kier molecular flexibility index (Phi) is 4.20. The molecule has 0 heterocycles. The van der Waals surface area contributed by atoms with Gasteiger partial charge in [0, 0.05) is 4.43 Å². The fourth-order valence-corrected chi connectivity index (χ4v) is 0.915. The Hall–Kier alpha value is 0.810. The van der Waals surface area contributed by atoms with Crippen molar-refractivity contribution in [2.24, 2.45) is 0 Å². The minimum Gasteiger partial charge on any atom is -0.239 e. The standard InChI is InChI=1S/C4H5ClF3I/c5-4(7,8)3(6)1-2-9/h3H,1-2H2. The van der Waals surface area contributed by atoms with Gasteiger partial charge in [-0.05, 0) is 18.0 Å². The van der Waals surface area contributed by atoms with Gasteiger partial charge in [-0.3, -0.25) is 0 Å². The lowest BCUT2D eigenvalue weighted by Gasteiger charge is -2.10. The zero-order chi connectivity index (χ0) is 7.49. The Balaban J connectivity index is 3.59. The highest BCUT2D eigenvalue weighted by molar-refractivity contribution is 14.1. The molecule has 56 valence electrons. The van der Waals surface area contributed by atoms with Crippen molar-refractivity contribution in [3.05, 3.63) is 0 Å². The molecule has 0 rings (SSSR count). The molecule has 1 unspecified atom stereocenters. The third-order valence-corrected chi connectivity index (χ3v) is 1.58. The lowest BCUT2D eigenvalue weighted by Crippen LogP contribution is -2.23. The summed E-state index contributed by atoms with van der Waals surface area (Å²) in [7, 11) is 0. The van der Waals surface area contributed by atoms with Gasteiger partial charge in [-0.25, -0.2) is 4.39 Å². The van der Waals surface area contributed by atoms with Gasteiger partial charge in [0.25, 0.3) is 0 Å². The summed E-state index contributed by atoms with van der Waals surface area (Å²) >= 11 is 6.16. The number of alkyl halides is 5.